The average Bonchev–Trinajstić information content (AvgIpc) is 2.48. The molecule has 5 nitrogen and oxygen atoms in total. The summed E-state index contributed by atoms with van der Waals surface area (Å²) in [5.74, 6) is 1.66. The van der Waals surface area contributed by atoms with E-state index in [-0.39, 0.29) is 0 Å². The van der Waals surface area contributed by atoms with Gasteiger partial charge in [-0.05, 0) is 26.9 Å². The Kier molecular flexibility index (Phi) is 8.69. The van der Waals surface area contributed by atoms with E-state index in [9.17, 15) is 0 Å². The van der Waals surface area contributed by atoms with Crippen molar-refractivity contribution in [3.63, 3.8) is 0 Å². The number of hydrogen-bond acceptors (Lipinski definition) is 3. The van der Waals surface area contributed by atoms with Gasteiger partial charge in [-0.15, -0.1) is 0 Å². The van der Waals surface area contributed by atoms with Gasteiger partial charge in [-0.25, -0.2) is 0 Å². The summed E-state index contributed by atoms with van der Waals surface area (Å²) < 4.78 is 0. The lowest BCUT2D eigenvalue weighted by atomic mass is 10.0. The Bertz CT molecular complexity index is 301. The molecule has 1 heterocycles. The number of guanidine groups is 1. The Labute approximate surface area is 131 Å². The number of hydrogen-bond donors (Lipinski definition) is 2. The van der Waals surface area contributed by atoms with E-state index in [1.54, 1.807) is 0 Å². The van der Waals surface area contributed by atoms with E-state index in [1.807, 2.05) is 0 Å². The van der Waals surface area contributed by atoms with Gasteiger partial charge in [-0.1, -0.05) is 26.7 Å². The molecule has 0 aromatic rings. The van der Waals surface area contributed by atoms with E-state index in [0.717, 1.165) is 45.2 Å². The van der Waals surface area contributed by atoms with Crippen molar-refractivity contribution in [2.24, 2.45) is 10.9 Å². The van der Waals surface area contributed by atoms with Crippen molar-refractivity contribution in [1.82, 2.24) is 20.4 Å². The third kappa shape index (κ3) is 6.66. The van der Waals surface area contributed by atoms with Crippen LogP contribution < -0.4 is 10.6 Å². The summed E-state index contributed by atoms with van der Waals surface area (Å²) in [7, 11) is 4.42. The van der Waals surface area contributed by atoms with Crippen molar-refractivity contribution in [2.45, 2.75) is 39.7 Å². The van der Waals surface area contributed by atoms with Gasteiger partial charge in [0.25, 0.3) is 0 Å². The third-order valence-electron chi connectivity index (χ3n) is 4.49. The average molecular weight is 297 g/mol. The van der Waals surface area contributed by atoms with Gasteiger partial charge in [0, 0.05) is 45.3 Å². The van der Waals surface area contributed by atoms with Gasteiger partial charge in [0.05, 0.1) is 0 Å². The maximum atomic E-state index is 4.75. The molecule has 0 aromatic heterocycles. The molecule has 0 amide bonds. The lowest BCUT2D eigenvalue weighted by molar-refractivity contribution is 0.116. The van der Waals surface area contributed by atoms with Crippen molar-refractivity contribution >= 4 is 5.96 Å². The number of aliphatic imine (C=N–C) groups is 1. The van der Waals surface area contributed by atoms with E-state index in [2.05, 4.69) is 55.3 Å². The quantitative estimate of drug-likeness (QED) is 0.548. The molecule has 0 spiro atoms. The summed E-state index contributed by atoms with van der Waals surface area (Å²) in [6.45, 7) is 12.8. The first-order valence-electron chi connectivity index (χ1n) is 8.51. The Morgan fingerprint density at radius 3 is 2.48 bits per heavy atom. The number of piperazine rings is 1. The Morgan fingerprint density at radius 2 is 1.86 bits per heavy atom. The van der Waals surface area contributed by atoms with Crippen LogP contribution in [0.3, 0.4) is 0 Å². The van der Waals surface area contributed by atoms with Crippen molar-refractivity contribution < 1.29 is 0 Å². The fourth-order valence-electron chi connectivity index (χ4n) is 2.65. The van der Waals surface area contributed by atoms with Crippen LogP contribution in [0, 0.1) is 5.92 Å². The summed E-state index contributed by atoms with van der Waals surface area (Å²) in [5.41, 5.74) is 0. The minimum Gasteiger partial charge on any atom is -0.357 e. The van der Waals surface area contributed by atoms with Gasteiger partial charge in [0.2, 0.25) is 0 Å². The zero-order valence-electron chi connectivity index (χ0n) is 14.7. The molecule has 1 aliphatic heterocycles. The largest absolute Gasteiger partial charge is 0.357 e. The summed E-state index contributed by atoms with van der Waals surface area (Å²) in [4.78, 5) is 9.59. The van der Waals surface area contributed by atoms with E-state index < -0.39 is 0 Å². The SMILES string of the molecule is CCNC(=NCC(CC)CC)NCC1CN(C)CCN1C. The van der Waals surface area contributed by atoms with Gasteiger partial charge >= 0.3 is 0 Å². The molecule has 2 N–H and O–H groups in total. The monoisotopic (exact) mass is 297 g/mol. The molecule has 1 unspecified atom stereocenters. The second-order valence-electron chi connectivity index (χ2n) is 6.18. The lowest BCUT2D eigenvalue weighted by Gasteiger charge is -2.38. The van der Waals surface area contributed by atoms with Crippen LogP contribution >= 0.6 is 0 Å². The highest BCUT2D eigenvalue weighted by Crippen LogP contribution is 2.07. The second-order valence-corrected chi connectivity index (χ2v) is 6.18. The Hall–Kier alpha value is -0.810. The predicted octanol–water partition coefficient (Wildman–Crippen LogP) is 1.22. The maximum absolute atomic E-state index is 4.75. The molecule has 0 aliphatic carbocycles. The zero-order valence-corrected chi connectivity index (χ0v) is 14.7. The van der Waals surface area contributed by atoms with Gasteiger partial charge in [0.15, 0.2) is 5.96 Å². The van der Waals surface area contributed by atoms with Crippen LogP contribution in [0.2, 0.25) is 0 Å². The molecule has 21 heavy (non-hydrogen) atoms. The van der Waals surface area contributed by atoms with Gasteiger partial charge in [0.1, 0.15) is 0 Å². The third-order valence-corrected chi connectivity index (χ3v) is 4.49. The fourth-order valence-corrected chi connectivity index (χ4v) is 2.65. The van der Waals surface area contributed by atoms with Crippen LogP contribution in [-0.4, -0.2) is 75.2 Å². The number of rotatable bonds is 7. The Morgan fingerprint density at radius 1 is 1.14 bits per heavy atom. The molecule has 1 atom stereocenters. The summed E-state index contributed by atoms with van der Waals surface area (Å²) in [6.07, 6.45) is 2.41. The molecule has 0 bridgehead atoms. The molecule has 1 rings (SSSR count). The van der Waals surface area contributed by atoms with E-state index in [1.165, 1.54) is 12.8 Å². The second kappa shape index (κ2) is 10.0. The molecular formula is C16H35N5. The molecule has 1 aliphatic rings. The lowest BCUT2D eigenvalue weighted by Crippen LogP contribution is -2.55. The van der Waals surface area contributed by atoms with Crippen LogP contribution in [0.25, 0.3) is 0 Å². The highest BCUT2D eigenvalue weighted by atomic mass is 15.3. The van der Waals surface area contributed by atoms with E-state index in [4.69, 9.17) is 4.99 Å². The Balaban J connectivity index is 2.47. The zero-order chi connectivity index (χ0) is 15.7. The van der Waals surface area contributed by atoms with Crippen molar-refractivity contribution in [1.29, 1.82) is 0 Å². The minimum absolute atomic E-state index is 0.556. The van der Waals surface area contributed by atoms with Crippen LogP contribution in [0.4, 0.5) is 0 Å². The predicted molar refractivity (Wildman–Crippen MR) is 92.0 cm³/mol. The van der Waals surface area contributed by atoms with Crippen LogP contribution in [0.5, 0.6) is 0 Å². The first kappa shape index (κ1) is 18.2. The molecule has 1 fully saturated rings. The fraction of sp³-hybridized carbons (Fsp3) is 0.938. The molecule has 0 saturated carbocycles. The molecule has 0 aromatic carbocycles. The van der Waals surface area contributed by atoms with E-state index in [0.29, 0.717) is 12.0 Å². The van der Waals surface area contributed by atoms with Gasteiger partial charge in [-0.2, -0.15) is 0 Å². The molecule has 5 heteroatoms. The minimum atomic E-state index is 0.556. The van der Waals surface area contributed by atoms with E-state index >= 15 is 0 Å². The van der Waals surface area contributed by atoms with Crippen LogP contribution in [0.15, 0.2) is 4.99 Å². The smallest absolute Gasteiger partial charge is 0.191 e. The van der Waals surface area contributed by atoms with Crippen LogP contribution in [-0.2, 0) is 0 Å². The van der Waals surface area contributed by atoms with Crippen molar-refractivity contribution in [3.8, 4) is 0 Å². The first-order chi connectivity index (χ1) is 10.1. The van der Waals surface area contributed by atoms with Crippen molar-refractivity contribution in [3.05, 3.63) is 0 Å². The van der Waals surface area contributed by atoms with Gasteiger partial charge in [-0.3, -0.25) is 9.89 Å². The highest BCUT2D eigenvalue weighted by Gasteiger charge is 2.22. The molecule has 124 valence electrons. The topological polar surface area (TPSA) is 42.9 Å². The maximum Gasteiger partial charge on any atom is 0.191 e. The van der Waals surface area contributed by atoms with Crippen molar-refractivity contribution in [2.75, 3.05) is 53.4 Å². The highest BCUT2D eigenvalue weighted by molar-refractivity contribution is 5.79. The van der Waals surface area contributed by atoms with Crippen LogP contribution in [0.1, 0.15) is 33.6 Å². The summed E-state index contributed by atoms with van der Waals surface area (Å²) >= 11 is 0. The number of likely N-dealkylation sites (N-methyl/N-ethyl adjacent to an activating group) is 2. The molecular weight excluding hydrogens is 262 g/mol. The van der Waals surface area contributed by atoms with Gasteiger partial charge < -0.3 is 15.5 Å². The normalized spacial score (nSPS) is 21.8. The molecule has 1 saturated heterocycles. The molecule has 0 radical (unpaired) electrons. The summed E-state index contributed by atoms with van der Waals surface area (Å²) in [5, 5.41) is 6.87. The first-order valence-corrected chi connectivity index (χ1v) is 8.51. The number of nitrogens with one attached hydrogen (secondary N) is 2. The summed E-state index contributed by atoms with van der Waals surface area (Å²) in [6, 6.07) is 0.556. The standard InChI is InChI=1S/C16H35N5/c1-6-14(7-2)11-18-16(17-8-3)19-12-15-13-20(4)9-10-21(15)5/h14-15H,6-13H2,1-5H3,(H2,17,18,19). The number of nitrogens with zero attached hydrogens (tertiary/aromatic N) is 3.